The van der Waals surface area contributed by atoms with Gasteiger partial charge in [-0.15, -0.1) is 0 Å². The fourth-order valence-corrected chi connectivity index (χ4v) is 4.25. The molecule has 1 saturated heterocycles. The average molecular weight is 281 g/mol. The molecule has 0 amide bonds. The van der Waals surface area contributed by atoms with Crippen molar-refractivity contribution in [2.45, 2.75) is 65.9 Å². The highest BCUT2D eigenvalue weighted by Crippen LogP contribution is 2.31. The van der Waals surface area contributed by atoms with Gasteiger partial charge in [-0.05, 0) is 55.8 Å². The summed E-state index contributed by atoms with van der Waals surface area (Å²) in [4.78, 5) is 2.61. The van der Waals surface area contributed by atoms with Gasteiger partial charge in [0.05, 0.1) is 12.7 Å². The number of hydrogen-bond donors (Lipinski definition) is 0. The van der Waals surface area contributed by atoms with E-state index in [2.05, 4.69) is 32.6 Å². The van der Waals surface area contributed by atoms with Gasteiger partial charge >= 0.3 is 0 Å². The number of rotatable bonds is 5. The number of piperidine rings is 1. The van der Waals surface area contributed by atoms with Crippen LogP contribution in [0.5, 0.6) is 0 Å². The Labute approximate surface area is 126 Å². The van der Waals surface area contributed by atoms with Crippen LogP contribution in [0, 0.1) is 23.7 Å². The second kappa shape index (κ2) is 7.79. The van der Waals surface area contributed by atoms with E-state index in [9.17, 15) is 0 Å². The largest absolute Gasteiger partial charge is 0.377 e. The lowest BCUT2D eigenvalue weighted by molar-refractivity contribution is -0.00374. The summed E-state index contributed by atoms with van der Waals surface area (Å²) in [6.45, 7) is 14.1. The molecule has 118 valence electrons. The first kappa shape index (κ1) is 16.3. The molecule has 2 fully saturated rings. The van der Waals surface area contributed by atoms with Crippen LogP contribution in [-0.4, -0.2) is 37.2 Å². The van der Waals surface area contributed by atoms with Crippen LogP contribution in [0.2, 0.25) is 0 Å². The molecule has 20 heavy (non-hydrogen) atoms. The van der Waals surface area contributed by atoms with Crippen LogP contribution in [0.15, 0.2) is 0 Å². The third-order valence-corrected chi connectivity index (χ3v) is 5.37. The molecule has 0 bridgehead atoms. The monoisotopic (exact) mass is 281 g/mol. The van der Waals surface area contributed by atoms with Gasteiger partial charge in [0, 0.05) is 19.6 Å². The predicted octanol–water partition coefficient (Wildman–Crippen LogP) is 4.20. The number of nitrogens with zero attached hydrogens (tertiary/aromatic N) is 1. The van der Waals surface area contributed by atoms with Gasteiger partial charge < -0.3 is 9.64 Å². The highest BCUT2D eigenvalue weighted by molar-refractivity contribution is 4.76. The van der Waals surface area contributed by atoms with E-state index in [1.165, 1.54) is 45.2 Å². The molecule has 0 radical (unpaired) electrons. The van der Waals surface area contributed by atoms with E-state index in [-0.39, 0.29) is 0 Å². The Bertz CT molecular complexity index is 261. The first-order chi connectivity index (χ1) is 9.54. The van der Waals surface area contributed by atoms with Crippen LogP contribution < -0.4 is 0 Å². The fourth-order valence-electron chi connectivity index (χ4n) is 4.25. The van der Waals surface area contributed by atoms with Gasteiger partial charge in [0.15, 0.2) is 0 Å². The Balaban J connectivity index is 1.60. The van der Waals surface area contributed by atoms with E-state index >= 15 is 0 Å². The van der Waals surface area contributed by atoms with Gasteiger partial charge in [0.1, 0.15) is 0 Å². The maximum Gasteiger partial charge on any atom is 0.0597 e. The maximum absolute atomic E-state index is 6.14. The van der Waals surface area contributed by atoms with E-state index < -0.39 is 0 Å². The second-order valence-corrected chi connectivity index (χ2v) is 7.86. The molecule has 0 aromatic carbocycles. The highest BCUT2D eigenvalue weighted by Gasteiger charge is 2.24. The molecular weight excluding hydrogens is 246 g/mol. The fraction of sp³-hybridized carbons (Fsp3) is 1.00. The molecule has 1 saturated carbocycles. The zero-order valence-corrected chi connectivity index (χ0v) is 14.1. The van der Waals surface area contributed by atoms with Gasteiger partial charge in [-0.1, -0.05) is 27.7 Å². The normalized spacial score (nSPS) is 36.5. The summed E-state index contributed by atoms with van der Waals surface area (Å²) in [5, 5.41) is 0. The maximum atomic E-state index is 6.14. The SMILES string of the molecule is CC1CC(C)CN(CCOC2CCC(C(C)C)CC2)C1. The van der Waals surface area contributed by atoms with Gasteiger partial charge in [-0.25, -0.2) is 0 Å². The Morgan fingerprint density at radius 1 is 1.00 bits per heavy atom. The number of hydrogen-bond acceptors (Lipinski definition) is 2. The van der Waals surface area contributed by atoms with Crippen LogP contribution in [0.3, 0.4) is 0 Å². The number of likely N-dealkylation sites (tertiary alicyclic amines) is 1. The van der Waals surface area contributed by atoms with E-state index in [4.69, 9.17) is 4.74 Å². The second-order valence-electron chi connectivity index (χ2n) is 7.86. The van der Waals surface area contributed by atoms with E-state index in [0.717, 1.165) is 36.8 Å². The van der Waals surface area contributed by atoms with Gasteiger partial charge in [0.2, 0.25) is 0 Å². The van der Waals surface area contributed by atoms with Gasteiger partial charge in [0.25, 0.3) is 0 Å². The Morgan fingerprint density at radius 3 is 2.15 bits per heavy atom. The molecule has 1 aliphatic heterocycles. The zero-order valence-electron chi connectivity index (χ0n) is 14.1. The molecule has 0 aromatic heterocycles. The molecule has 2 rings (SSSR count). The first-order valence-corrected chi connectivity index (χ1v) is 8.88. The summed E-state index contributed by atoms with van der Waals surface area (Å²) >= 11 is 0. The van der Waals surface area contributed by atoms with E-state index in [1.54, 1.807) is 0 Å². The average Bonchev–Trinajstić information content (AvgIpc) is 2.38. The van der Waals surface area contributed by atoms with Crippen molar-refractivity contribution in [3.05, 3.63) is 0 Å². The van der Waals surface area contributed by atoms with Crippen molar-refractivity contribution in [2.24, 2.45) is 23.7 Å². The summed E-state index contributed by atoms with van der Waals surface area (Å²) in [6, 6.07) is 0. The molecule has 0 N–H and O–H groups in total. The zero-order chi connectivity index (χ0) is 14.5. The van der Waals surface area contributed by atoms with Gasteiger partial charge in [-0.3, -0.25) is 0 Å². The van der Waals surface area contributed by atoms with Crippen molar-refractivity contribution in [3.63, 3.8) is 0 Å². The lowest BCUT2D eigenvalue weighted by Crippen LogP contribution is -2.41. The van der Waals surface area contributed by atoms with Crippen molar-refractivity contribution in [3.8, 4) is 0 Å². The molecule has 1 heterocycles. The molecule has 2 unspecified atom stereocenters. The summed E-state index contributed by atoms with van der Waals surface area (Å²) in [5.41, 5.74) is 0. The quantitative estimate of drug-likeness (QED) is 0.749. The summed E-state index contributed by atoms with van der Waals surface area (Å²) in [6.07, 6.45) is 7.27. The van der Waals surface area contributed by atoms with Crippen molar-refractivity contribution >= 4 is 0 Å². The Morgan fingerprint density at radius 2 is 1.60 bits per heavy atom. The minimum absolute atomic E-state index is 0.546. The third kappa shape index (κ3) is 5.04. The first-order valence-electron chi connectivity index (χ1n) is 8.88. The standard InChI is InChI=1S/C18H35NO/c1-14(2)17-5-7-18(8-6-17)20-10-9-19-12-15(3)11-16(4)13-19/h14-18H,5-13H2,1-4H3. The molecular formula is C18H35NO. The minimum Gasteiger partial charge on any atom is -0.377 e. The lowest BCUT2D eigenvalue weighted by Gasteiger charge is -2.35. The molecule has 0 aromatic rings. The molecule has 1 aliphatic carbocycles. The van der Waals surface area contributed by atoms with Crippen LogP contribution in [0.4, 0.5) is 0 Å². The minimum atomic E-state index is 0.546. The molecule has 2 nitrogen and oxygen atoms in total. The summed E-state index contributed by atoms with van der Waals surface area (Å²) in [5.74, 6) is 3.52. The van der Waals surface area contributed by atoms with E-state index in [1.807, 2.05) is 0 Å². The lowest BCUT2D eigenvalue weighted by atomic mass is 9.80. The summed E-state index contributed by atoms with van der Waals surface area (Å²) in [7, 11) is 0. The van der Waals surface area contributed by atoms with Crippen molar-refractivity contribution in [1.82, 2.24) is 4.90 Å². The molecule has 2 heteroatoms. The Hall–Kier alpha value is -0.0800. The highest BCUT2D eigenvalue weighted by atomic mass is 16.5. The topological polar surface area (TPSA) is 12.5 Å². The smallest absolute Gasteiger partial charge is 0.0597 e. The summed E-state index contributed by atoms with van der Waals surface area (Å²) < 4.78 is 6.14. The molecule has 2 aliphatic rings. The molecule has 2 atom stereocenters. The predicted molar refractivity (Wildman–Crippen MR) is 85.9 cm³/mol. The van der Waals surface area contributed by atoms with Crippen molar-refractivity contribution in [1.29, 1.82) is 0 Å². The third-order valence-electron chi connectivity index (χ3n) is 5.37. The van der Waals surface area contributed by atoms with E-state index in [0.29, 0.717) is 6.10 Å². The molecule has 0 spiro atoms. The van der Waals surface area contributed by atoms with Crippen LogP contribution in [-0.2, 0) is 4.74 Å². The van der Waals surface area contributed by atoms with Gasteiger partial charge in [-0.2, -0.15) is 0 Å². The van der Waals surface area contributed by atoms with Crippen LogP contribution in [0.1, 0.15) is 59.8 Å². The van der Waals surface area contributed by atoms with Crippen LogP contribution >= 0.6 is 0 Å². The van der Waals surface area contributed by atoms with Crippen LogP contribution in [0.25, 0.3) is 0 Å². The Kier molecular flexibility index (Phi) is 6.35. The van der Waals surface area contributed by atoms with Crippen molar-refractivity contribution < 1.29 is 4.74 Å². The van der Waals surface area contributed by atoms with Crippen molar-refractivity contribution in [2.75, 3.05) is 26.2 Å². The number of ether oxygens (including phenoxy) is 1.